The summed E-state index contributed by atoms with van der Waals surface area (Å²) < 4.78 is 5.04. The number of aromatic nitrogens is 4. The van der Waals surface area contributed by atoms with Crippen LogP contribution in [0.4, 0.5) is 0 Å². The van der Waals surface area contributed by atoms with Gasteiger partial charge in [-0.05, 0) is 19.4 Å². The van der Waals surface area contributed by atoms with E-state index in [1.54, 1.807) is 12.4 Å². The summed E-state index contributed by atoms with van der Waals surface area (Å²) in [5.41, 5.74) is 6.62. The Morgan fingerprint density at radius 2 is 2.00 bits per heavy atom. The van der Waals surface area contributed by atoms with Crippen molar-refractivity contribution in [2.45, 2.75) is 26.3 Å². The molecular formula is C10H13N5O. The second kappa shape index (κ2) is 4.36. The molecule has 2 heterocycles. The molecule has 6 nitrogen and oxygen atoms in total. The number of nitrogens with zero attached hydrogens (tertiary/aromatic N) is 4. The van der Waals surface area contributed by atoms with Gasteiger partial charge in [0.05, 0.1) is 0 Å². The van der Waals surface area contributed by atoms with Crippen molar-refractivity contribution in [3.05, 3.63) is 23.8 Å². The zero-order valence-electron chi connectivity index (χ0n) is 9.21. The third-order valence-corrected chi connectivity index (χ3v) is 1.95. The van der Waals surface area contributed by atoms with Crippen molar-refractivity contribution < 1.29 is 4.52 Å². The summed E-state index contributed by atoms with van der Waals surface area (Å²) in [5, 5.41) is 3.80. The molecule has 0 spiro atoms. The molecule has 2 aromatic heterocycles. The summed E-state index contributed by atoms with van der Waals surface area (Å²) in [4.78, 5) is 12.4. The Balaban J connectivity index is 2.21. The standard InChI is InChI=1S/C10H13N5O/c1-6-4-12-9(13-5-6)10-14-8(16-15-10)3-7(2)11/h4-5,7H,3,11H2,1-2H3. The van der Waals surface area contributed by atoms with Crippen LogP contribution in [-0.2, 0) is 6.42 Å². The highest BCUT2D eigenvalue weighted by Gasteiger charge is 2.11. The van der Waals surface area contributed by atoms with Crippen molar-refractivity contribution in [2.24, 2.45) is 5.73 Å². The molecule has 0 bridgehead atoms. The van der Waals surface area contributed by atoms with Crippen LogP contribution in [-0.4, -0.2) is 26.2 Å². The molecule has 84 valence electrons. The van der Waals surface area contributed by atoms with Crippen molar-refractivity contribution in [3.63, 3.8) is 0 Å². The van der Waals surface area contributed by atoms with Crippen LogP contribution in [0.5, 0.6) is 0 Å². The molecule has 1 unspecified atom stereocenters. The van der Waals surface area contributed by atoms with Crippen LogP contribution in [0.2, 0.25) is 0 Å². The van der Waals surface area contributed by atoms with Crippen molar-refractivity contribution >= 4 is 0 Å². The SMILES string of the molecule is Cc1cnc(-c2noc(CC(C)N)n2)nc1. The van der Waals surface area contributed by atoms with Gasteiger partial charge in [0.15, 0.2) is 0 Å². The lowest BCUT2D eigenvalue weighted by molar-refractivity contribution is 0.371. The van der Waals surface area contributed by atoms with Crippen LogP contribution >= 0.6 is 0 Å². The van der Waals surface area contributed by atoms with E-state index >= 15 is 0 Å². The summed E-state index contributed by atoms with van der Waals surface area (Å²) in [6, 6.07) is -0.00719. The highest BCUT2D eigenvalue weighted by Crippen LogP contribution is 2.10. The monoisotopic (exact) mass is 219 g/mol. The van der Waals surface area contributed by atoms with E-state index in [2.05, 4.69) is 20.1 Å². The maximum Gasteiger partial charge on any atom is 0.240 e. The van der Waals surface area contributed by atoms with E-state index in [9.17, 15) is 0 Å². The first-order valence-corrected chi connectivity index (χ1v) is 5.02. The zero-order valence-corrected chi connectivity index (χ0v) is 9.21. The number of hydrogen-bond acceptors (Lipinski definition) is 6. The molecule has 0 aliphatic heterocycles. The molecule has 1 atom stereocenters. The van der Waals surface area contributed by atoms with Gasteiger partial charge in [-0.1, -0.05) is 5.16 Å². The van der Waals surface area contributed by atoms with Crippen LogP contribution in [0.15, 0.2) is 16.9 Å². The molecule has 2 aromatic rings. The van der Waals surface area contributed by atoms with Gasteiger partial charge >= 0.3 is 0 Å². The zero-order chi connectivity index (χ0) is 11.5. The van der Waals surface area contributed by atoms with Gasteiger partial charge in [-0.15, -0.1) is 0 Å². The van der Waals surface area contributed by atoms with Gasteiger partial charge in [-0.2, -0.15) is 4.98 Å². The van der Waals surface area contributed by atoms with Crippen LogP contribution in [0.25, 0.3) is 11.6 Å². The van der Waals surface area contributed by atoms with Gasteiger partial charge in [0, 0.05) is 24.9 Å². The van der Waals surface area contributed by atoms with Gasteiger partial charge in [0.25, 0.3) is 0 Å². The largest absolute Gasteiger partial charge is 0.339 e. The molecular weight excluding hydrogens is 206 g/mol. The normalized spacial score (nSPS) is 12.7. The Morgan fingerprint density at radius 1 is 1.31 bits per heavy atom. The van der Waals surface area contributed by atoms with Crippen molar-refractivity contribution in [3.8, 4) is 11.6 Å². The lowest BCUT2D eigenvalue weighted by atomic mass is 10.2. The molecule has 0 aromatic carbocycles. The summed E-state index contributed by atoms with van der Waals surface area (Å²) in [6.45, 7) is 3.80. The fourth-order valence-electron chi connectivity index (χ4n) is 1.21. The highest BCUT2D eigenvalue weighted by molar-refractivity contribution is 5.40. The average molecular weight is 219 g/mol. The van der Waals surface area contributed by atoms with Crippen molar-refractivity contribution in [1.29, 1.82) is 0 Å². The summed E-state index contributed by atoms with van der Waals surface area (Å²) in [6.07, 6.45) is 3.98. The second-order valence-electron chi connectivity index (χ2n) is 3.78. The number of aryl methyl sites for hydroxylation is 1. The van der Waals surface area contributed by atoms with Crippen LogP contribution < -0.4 is 5.73 Å². The van der Waals surface area contributed by atoms with Gasteiger partial charge in [-0.25, -0.2) is 9.97 Å². The first-order chi connectivity index (χ1) is 7.65. The maximum atomic E-state index is 5.63. The Labute approximate surface area is 92.9 Å². The Kier molecular flexibility index (Phi) is 2.91. The Morgan fingerprint density at radius 3 is 2.62 bits per heavy atom. The van der Waals surface area contributed by atoms with E-state index in [-0.39, 0.29) is 6.04 Å². The first kappa shape index (κ1) is 10.7. The smallest absolute Gasteiger partial charge is 0.240 e. The van der Waals surface area contributed by atoms with E-state index in [0.29, 0.717) is 24.0 Å². The second-order valence-corrected chi connectivity index (χ2v) is 3.78. The predicted molar refractivity (Wildman–Crippen MR) is 57.4 cm³/mol. The fraction of sp³-hybridized carbons (Fsp3) is 0.400. The Hall–Kier alpha value is -1.82. The van der Waals surface area contributed by atoms with Gasteiger partial charge in [-0.3, -0.25) is 0 Å². The van der Waals surface area contributed by atoms with E-state index in [4.69, 9.17) is 10.3 Å². The van der Waals surface area contributed by atoms with Crippen LogP contribution in [0.3, 0.4) is 0 Å². The number of nitrogens with two attached hydrogens (primary N) is 1. The Bertz CT molecular complexity index is 462. The fourth-order valence-corrected chi connectivity index (χ4v) is 1.21. The lowest BCUT2D eigenvalue weighted by Gasteiger charge is -1.96. The molecule has 2 N–H and O–H groups in total. The third-order valence-electron chi connectivity index (χ3n) is 1.95. The van der Waals surface area contributed by atoms with E-state index < -0.39 is 0 Å². The minimum atomic E-state index is -0.00719. The molecule has 0 aliphatic carbocycles. The summed E-state index contributed by atoms with van der Waals surface area (Å²) >= 11 is 0. The molecule has 0 aliphatic rings. The molecule has 0 fully saturated rings. The molecule has 0 radical (unpaired) electrons. The minimum Gasteiger partial charge on any atom is -0.339 e. The average Bonchev–Trinajstić information content (AvgIpc) is 2.66. The summed E-state index contributed by atoms with van der Waals surface area (Å²) in [7, 11) is 0. The summed E-state index contributed by atoms with van der Waals surface area (Å²) in [5.74, 6) is 1.37. The first-order valence-electron chi connectivity index (χ1n) is 5.02. The van der Waals surface area contributed by atoms with E-state index in [0.717, 1.165) is 5.56 Å². The molecule has 6 heteroatoms. The number of hydrogen-bond donors (Lipinski definition) is 1. The third kappa shape index (κ3) is 2.40. The van der Waals surface area contributed by atoms with Gasteiger partial charge in [0.2, 0.25) is 17.5 Å². The number of rotatable bonds is 3. The topological polar surface area (TPSA) is 90.7 Å². The molecule has 0 saturated carbocycles. The van der Waals surface area contributed by atoms with Gasteiger partial charge in [0.1, 0.15) is 0 Å². The molecule has 16 heavy (non-hydrogen) atoms. The quantitative estimate of drug-likeness (QED) is 0.818. The van der Waals surface area contributed by atoms with E-state index in [1.807, 2.05) is 13.8 Å². The highest BCUT2D eigenvalue weighted by atomic mass is 16.5. The maximum absolute atomic E-state index is 5.63. The van der Waals surface area contributed by atoms with Crippen molar-refractivity contribution in [2.75, 3.05) is 0 Å². The lowest BCUT2D eigenvalue weighted by Crippen LogP contribution is -2.17. The molecule has 0 saturated heterocycles. The van der Waals surface area contributed by atoms with E-state index in [1.165, 1.54) is 0 Å². The van der Waals surface area contributed by atoms with Crippen molar-refractivity contribution in [1.82, 2.24) is 20.1 Å². The minimum absolute atomic E-state index is 0.00719. The molecule has 0 amide bonds. The van der Waals surface area contributed by atoms with Crippen LogP contribution in [0, 0.1) is 6.92 Å². The molecule has 2 rings (SSSR count). The van der Waals surface area contributed by atoms with Crippen LogP contribution in [0.1, 0.15) is 18.4 Å². The predicted octanol–water partition coefficient (Wildman–Crippen LogP) is 0.725. The van der Waals surface area contributed by atoms with Gasteiger partial charge < -0.3 is 10.3 Å².